The lowest BCUT2D eigenvalue weighted by Crippen LogP contribution is -2.46. The monoisotopic (exact) mass is 746 g/mol. The number of unbranched alkanes of at least 4 members (excludes halogenated alkanes) is 24. The number of aliphatic hydroxyl groups excluding tert-OH is 1. The van der Waals surface area contributed by atoms with Gasteiger partial charge in [0, 0.05) is 6.42 Å². The lowest BCUT2D eigenvalue weighted by atomic mass is 10.0. The number of likely N-dealkylation sites (N-methyl/N-ethyl adjacent to an activating group) is 1. The number of carbonyl (C=O) groups is 1. The molecule has 304 valence electrons. The van der Waals surface area contributed by atoms with Crippen molar-refractivity contribution < 1.29 is 32.9 Å². The number of phosphoric acid groups is 1. The van der Waals surface area contributed by atoms with E-state index in [-0.39, 0.29) is 19.1 Å². The molecule has 3 atom stereocenters. The SMILES string of the molecule is CCCCCCCCC/C=C\CCCCCCCC(=O)NC(COP(=O)(O)OCC[N+](C)(C)C)C(O)CCCCCCCCCCCCCCC. The van der Waals surface area contributed by atoms with Gasteiger partial charge in [-0.05, 0) is 38.5 Å². The first-order valence-corrected chi connectivity index (χ1v) is 23.0. The lowest BCUT2D eigenvalue weighted by molar-refractivity contribution is -0.870. The number of allylic oxidation sites excluding steroid dienone is 2. The second kappa shape index (κ2) is 35.0. The van der Waals surface area contributed by atoms with Crippen LogP contribution in [0.15, 0.2) is 12.2 Å². The minimum atomic E-state index is -4.31. The fourth-order valence-electron chi connectivity index (χ4n) is 6.28. The van der Waals surface area contributed by atoms with E-state index in [2.05, 4.69) is 31.3 Å². The Bertz CT molecular complexity index is 850. The average molecular weight is 746 g/mol. The van der Waals surface area contributed by atoms with Crippen molar-refractivity contribution in [2.24, 2.45) is 0 Å². The third kappa shape index (κ3) is 37.4. The zero-order valence-electron chi connectivity index (χ0n) is 34.4. The molecule has 0 aromatic rings. The second-order valence-corrected chi connectivity index (χ2v) is 17.5. The smallest absolute Gasteiger partial charge is 0.391 e. The number of hydrogen-bond acceptors (Lipinski definition) is 5. The Labute approximate surface area is 316 Å². The summed E-state index contributed by atoms with van der Waals surface area (Å²) >= 11 is 0. The van der Waals surface area contributed by atoms with Gasteiger partial charge in [-0.25, -0.2) is 4.57 Å². The minimum Gasteiger partial charge on any atom is -0.391 e. The van der Waals surface area contributed by atoms with Crippen molar-refractivity contribution in [3.05, 3.63) is 12.2 Å². The number of nitrogens with one attached hydrogen (secondary N) is 1. The van der Waals surface area contributed by atoms with Crippen LogP contribution >= 0.6 is 7.82 Å². The zero-order valence-corrected chi connectivity index (χ0v) is 35.3. The van der Waals surface area contributed by atoms with Crippen LogP contribution < -0.4 is 5.32 Å². The van der Waals surface area contributed by atoms with Gasteiger partial charge in [0.2, 0.25) is 5.91 Å². The zero-order chi connectivity index (χ0) is 37.9. The molecule has 0 spiro atoms. The Morgan fingerprint density at radius 3 is 1.51 bits per heavy atom. The van der Waals surface area contributed by atoms with Gasteiger partial charge in [0.05, 0.1) is 39.9 Å². The molecule has 0 fully saturated rings. The van der Waals surface area contributed by atoms with E-state index in [0.29, 0.717) is 23.9 Å². The Kier molecular flexibility index (Phi) is 34.5. The van der Waals surface area contributed by atoms with Crippen LogP contribution in [0.5, 0.6) is 0 Å². The van der Waals surface area contributed by atoms with Gasteiger partial charge in [-0.2, -0.15) is 0 Å². The Hall–Kier alpha value is -0.760. The largest absolute Gasteiger partial charge is 0.472 e. The van der Waals surface area contributed by atoms with E-state index < -0.39 is 20.0 Å². The summed E-state index contributed by atoms with van der Waals surface area (Å²) in [5.74, 6) is -0.153. The number of nitrogens with zero attached hydrogens (tertiary/aromatic N) is 1. The number of phosphoric ester groups is 1. The van der Waals surface area contributed by atoms with Crippen molar-refractivity contribution in [1.29, 1.82) is 0 Å². The Balaban J connectivity index is 4.39. The minimum absolute atomic E-state index is 0.0748. The van der Waals surface area contributed by atoms with Crippen molar-refractivity contribution >= 4 is 13.7 Å². The van der Waals surface area contributed by atoms with Crippen molar-refractivity contribution in [1.82, 2.24) is 5.32 Å². The quantitative estimate of drug-likeness (QED) is 0.0250. The molecule has 0 aromatic heterocycles. The van der Waals surface area contributed by atoms with Crippen molar-refractivity contribution in [3.63, 3.8) is 0 Å². The third-order valence-corrected chi connectivity index (χ3v) is 10.7. The maximum atomic E-state index is 12.8. The van der Waals surface area contributed by atoms with Crippen LogP contribution in [-0.4, -0.2) is 73.4 Å². The molecule has 0 aliphatic rings. The highest BCUT2D eigenvalue weighted by Gasteiger charge is 2.28. The summed E-state index contributed by atoms with van der Waals surface area (Å²) in [5, 5.41) is 13.9. The second-order valence-electron chi connectivity index (χ2n) is 16.1. The molecule has 0 aromatic carbocycles. The molecule has 0 saturated heterocycles. The maximum Gasteiger partial charge on any atom is 0.472 e. The fourth-order valence-corrected chi connectivity index (χ4v) is 7.01. The van der Waals surface area contributed by atoms with E-state index in [1.54, 1.807) is 0 Å². The van der Waals surface area contributed by atoms with Crippen LogP contribution in [0.25, 0.3) is 0 Å². The molecule has 0 heterocycles. The van der Waals surface area contributed by atoms with Gasteiger partial charge in [-0.15, -0.1) is 0 Å². The van der Waals surface area contributed by atoms with Gasteiger partial charge in [0.1, 0.15) is 13.2 Å². The maximum absolute atomic E-state index is 12.8. The van der Waals surface area contributed by atoms with Crippen molar-refractivity contribution in [2.75, 3.05) is 40.9 Å². The van der Waals surface area contributed by atoms with Crippen molar-refractivity contribution in [3.8, 4) is 0 Å². The first kappa shape index (κ1) is 50.2. The molecule has 0 aliphatic heterocycles. The molecule has 0 rings (SSSR count). The molecule has 9 heteroatoms. The van der Waals surface area contributed by atoms with E-state index in [0.717, 1.165) is 51.4 Å². The number of hydrogen-bond donors (Lipinski definition) is 3. The van der Waals surface area contributed by atoms with Crippen LogP contribution in [0.3, 0.4) is 0 Å². The summed E-state index contributed by atoms with van der Waals surface area (Å²) in [6.45, 7) is 4.88. The number of carbonyl (C=O) groups excluding carboxylic acids is 1. The van der Waals surface area contributed by atoms with Gasteiger partial charge < -0.3 is 19.8 Å². The topological polar surface area (TPSA) is 105 Å². The first-order valence-electron chi connectivity index (χ1n) is 21.6. The third-order valence-electron chi connectivity index (χ3n) is 9.76. The van der Waals surface area contributed by atoms with Crippen LogP contribution in [0.1, 0.15) is 200 Å². The van der Waals surface area contributed by atoms with E-state index in [4.69, 9.17) is 9.05 Å². The predicted octanol–water partition coefficient (Wildman–Crippen LogP) is 11.6. The van der Waals surface area contributed by atoms with Gasteiger partial charge in [0.25, 0.3) is 0 Å². The molecule has 0 aliphatic carbocycles. The number of amides is 1. The molecular formula is C42H86N2O6P+. The summed E-state index contributed by atoms with van der Waals surface area (Å²) in [6, 6.07) is -0.759. The average Bonchev–Trinajstić information content (AvgIpc) is 3.07. The first-order chi connectivity index (χ1) is 24.5. The summed E-state index contributed by atoms with van der Waals surface area (Å²) < 4.78 is 23.6. The van der Waals surface area contributed by atoms with Crippen LogP contribution in [0, 0.1) is 0 Å². The molecule has 1 amide bonds. The van der Waals surface area contributed by atoms with Gasteiger partial charge in [0.15, 0.2) is 0 Å². The summed E-state index contributed by atoms with van der Waals surface area (Å²) in [5.41, 5.74) is 0. The molecule has 0 bridgehead atoms. The van der Waals surface area contributed by atoms with Crippen LogP contribution in [-0.2, 0) is 18.4 Å². The summed E-state index contributed by atoms with van der Waals surface area (Å²) in [6.07, 6.45) is 38.0. The van der Waals surface area contributed by atoms with Gasteiger partial charge >= 0.3 is 7.82 Å². The number of aliphatic hydroxyl groups is 1. The molecule has 51 heavy (non-hydrogen) atoms. The molecule has 0 radical (unpaired) electrons. The fraction of sp³-hybridized carbons (Fsp3) is 0.929. The van der Waals surface area contributed by atoms with Gasteiger partial charge in [-0.3, -0.25) is 13.8 Å². The Morgan fingerprint density at radius 1 is 0.647 bits per heavy atom. The van der Waals surface area contributed by atoms with Crippen molar-refractivity contribution in [2.45, 2.75) is 212 Å². The molecule has 3 N–H and O–H groups in total. The number of quaternary nitrogens is 1. The standard InChI is InChI=1S/C42H85N2O6P/c1-6-8-10-12-14-16-18-20-21-22-24-26-28-30-32-34-36-42(46)43-40(39-50-51(47,48)49-38-37-44(3,4)5)41(45)35-33-31-29-27-25-23-19-17-15-13-11-9-7-2/h21-22,40-41,45H,6-20,23-39H2,1-5H3,(H-,43,46,47,48)/p+1/b22-21-. The van der Waals surface area contributed by atoms with Crippen LogP contribution in [0.4, 0.5) is 0 Å². The van der Waals surface area contributed by atoms with Gasteiger partial charge in [-0.1, -0.05) is 167 Å². The summed E-state index contributed by atoms with van der Waals surface area (Å²) in [7, 11) is 1.61. The van der Waals surface area contributed by atoms with E-state index in [1.165, 1.54) is 122 Å². The lowest BCUT2D eigenvalue weighted by Gasteiger charge is -2.26. The summed E-state index contributed by atoms with van der Waals surface area (Å²) in [4.78, 5) is 23.1. The molecule has 8 nitrogen and oxygen atoms in total. The number of rotatable bonds is 39. The predicted molar refractivity (Wildman–Crippen MR) is 217 cm³/mol. The van der Waals surface area contributed by atoms with Crippen LogP contribution in [0.2, 0.25) is 0 Å². The normalized spacial score (nSPS) is 14.6. The highest BCUT2D eigenvalue weighted by molar-refractivity contribution is 7.47. The Morgan fingerprint density at radius 2 is 1.06 bits per heavy atom. The van der Waals surface area contributed by atoms with E-state index in [1.807, 2.05) is 21.1 Å². The highest BCUT2D eigenvalue weighted by Crippen LogP contribution is 2.43. The molecule has 0 saturated carbocycles. The molecular weight excluding hydrogens is 659 g/mol. The van der Waals surface area contributed by atoms with E-state index in [9.17, 15) is 19.4 Å². The van der Waals surface area contributed by atoms with E-state index >= 15 is 0 Å². The highest BCUT2D eigenvalue weighted by atomic mass is 31.2. The molecule has 3 unspecified atom stereocenters.